The summed E-state index contributed by atoms with van der Waals surface area (Å²) in [6, 6.07) is 11.7. The van der Waals surface area contributed by atoms with Crippen molar-refractivity contribution in [3.8, 4) is 5.75 Å². The number of anilines is 2. The smallest absolute Gasteiger partial charge is 0.257 e. The molecule has 0 unspecified atom stereocenters. The van der Waals surface area contributed by atoms with Crippen molar-refractivity contribution in [1.29, 1.82) is 0 Å². The average Bonchev–Trinajstić information content (AvgIpc) is 3.37. The number of carbonyl (C=O) groups excluding carboxylic acids is 1. The highest BCUT2D eigenvalue weighted by Crippen LogP contribution is 2.39. The van der Waals surface area contributed by atoms with Gasteiger partial charge in [-0.15, -0.1) is 0 Å². The van der Waals surface area contributed by atoms with E-state index in [1.165, 1.54) is 11.3 Å². The Morgan fingerprint density at radius 1 is 1.05 bits per heavy atom. The third-order valence-corrected chi connectivity index (χ3v) is 7.41. The Hall–Kier alpha value is -2.76. The van der Waals surface area contributed by atoms with Crippen molar-refractivity contribution in [3.63, 3.8) is 0 Å². The number of methoxy groups -OCH3 is 1. The minimum absolute atomic E-state index is 0.188. The third-order valence-electron chi connectivity index (χ3n) is 6.41. The number of ether oxygens (including phenoxy) is 4. The van der Waals surface area contributed by atoms with Crippen molar-refractivity contribution in [1.82, 2.24) is 9.88 Å². The van der Waals surface area contributed by atoms with E-state index in [1.807, 2.05) is 44.2 Å². The van der Waals surface area contributed by atoms with E-state index in [0.717, 1.165) is 54.2 Å². The van der Waals surface area contributed by atoms with Crippen LogP contribution < -0.4 is 15.0 Å². The van der Waals surface area contributed by atoms with Gasteiger partial charge in [-0.3, -0.25) is 15.0 Å². The minimum Gasteiger partial charge on any atom is -0.494 e. The number of hydrogen-bond donors (Lipinski definition) is 1. The second-order valence-electron chi connectivity index (χ2n) is 8.90. The Bertz CT molecular complexity index is 1150. The first kappa shape index (κ1) is 28.3. The van der Waals surface area contributed by atoms with Gasteiger partial charge in [-0.2, -0.15) is 0 Å². The van der Waals surface area contributed by atoms with Crippen molar-refractivity contribution in [2.24, 2.45) is 0 Å². The molecular weight excluding hydrogens is 504 g/mol. The van der Waals surface area contributed by atoms with E-state index < -0.39 is 0 Å². The van der Waals surface area contributed by atoms with Gasteiger partial charge in [0.25, 0.3) is 5.91 Å². The van der Waals surface area contributed by atoms with Crippen LogP contribution in [0.2, 0.25) is 0 Å². The zero-order valence-electron chi connectivity index (χ0n) is 22.5. The maximum atomic E-state index is 13.1. The first-order valence-corrected chi connectivity index (χ1v) is 14.0. The maximum absolute atomic E-state index is 13.1. The van der Waals surface area contributed by atoms with Crippen LogP contribution in [0.4, 0.5) is 10.8 Å². The molecule has 0 aliphatic carbocycles. The van der Waals surface area contributed by atoms with Crippen LogP contribution in [0.15, 0.2) is 36.4 Å². The molecule has 3 aromatic rings. The first-order chi connectivity index (χ1) is 18.6. The van der Waals surface area contributed by atoms with Gasteiger partial charge < -0.3 is 23.8 Å². The number of thiazole rings is 1. The second-order valence-corrected chi connectivity index (χ2v) is 9.90. The average molecular weight is 543 g/mol. The van der Waals surface area contributed by atoms with Crippen LogP contribution in [0.1, 0.15) is 29.8 Å². The summed E-state index contributed by atoms with van der Waals surface area (Å²) in [6.07, 6.45) is 0. The molecule has 1 N–H and O–H groups in total. The Labute approximate surface area is 228 Å². The van der Waals surface area contributed by atoms with Crippen LogP contribution >= 0.6 is 11.3 Å². The Morgan fingerprint density at radius 3 is 2.37 bits per heavy atom. The predicted octanol–water partition coefficient (Wildman–Crippen LogP) is 4.27. The van der Waals surface area contributed by atoms with Gasteiger partial charge in [-0.1, -0.05) is 23.5 Å². The first-order valence-electron chi connectivity index (χ1n) is 13.2. The molecule has 1 aliphatic heterocycles. The van der Waals surface area contributed by atoms with Gasteiger partial charge in [-0.25, -0.2) is 4.98 Å². The molecule has 2 aromatic carbocycles. The summed E-state index contributed by atoms with van der Waals surface area (Å²) in [6.45, 7) is 12.3. The lowest BCUT2D eigenvalue weighted by molar-refractivity contribution is 0.0798. The highest BCUT2D eigenvalue weighted by molar-refractivity contribution is 7.23. The number of hydrogen-bond acceptors (Lipinski definition) is 9. The minimum atomic E-state index is -0.188. The van der Waals surface area contributed by atoms with E-state index in [2.05, 4.69) is 21.2 Å². The number of aromatic nitrogens is 1. The van der Waals surface area contributed by atoms with Gasteiger partial charge in [0.2, 0.25) is 0 Å². The normalized spacial score (nSPS) is 13.8. The van der Waals surface area contributed by atoms with Crippen LogP contribution in [0.25, 0.3) is 10.2 Å². The highest BCUT2D eigenvalue weighted by Gasteiger charge is 2.20. The molecule has 0 radical (unpaired) electrons. The van der Waals surface area contributed by atoms with Crippen molar-refractivity contribution >= 4 is 38.3 Å². The molecule has 1 amide bonds. The summed E-state index contributed by atoms with van der Waals surface area (Å²) < 4.78 is 23.1. The van der Waals surface area contributed by atoms with Gasteiger partial charge in [0.05, 0.1) is 43.9 Å². The van der Waals surface area contributed by atoms with Gasteiger partial charge >= 0.3 is 0 Å². The van der Waals surface area contributed by atoms with Crippen LogP contribution in [0.5, 0.6) is 5.75 Å². The highest BCUT2D eigenvalue weighted by atomic mass is 32.1. The molecular formula is C28H38N4O5S. The van der Waals surface area contributed by atoms with Crippen molar-refractivity contribution in [2.75, 3.05) is 83.1 Å². The maximum Gasteiger partial charge on any atom is 0.257 e. The number of morpholine rings is 1. The van der Waals surface area contributed by atoms with Crippen LogP contribution in [-0.4, -0.2) is 88.7 Å². The molecule has 9 nitrogen and oxygen atoms in total. The summed E-state index contributed by atoms with van der Waals surface area (Å²) in [5.74, 6) is 0.503. The molecule has 1 aliphatic rings. The summed E-state index contributed by atoms with van der Waals surface area (Å²) in [5, 5.41) is 3.53. The molecule has 206 valence electrons. The Balaban J connectivity index is 1.43. The molecule has 10 heteroatoms. The number of carbonyl (C=O) groups is 1. The van der Waals surface area contributed by atoms with E-state index in [4.69, 9.17) is 23.9 Å². The summed E-state index contributed by atoms with van der Waals surface area (Å²) in [5.41, 5.74) is 3.56. The molecule has 38 heavy (non-hydrogen) atoms. The number of fused-ring (bicyclic) bond motifs is 1. The lowest BCUT2D eigenvalue weighted by Gasteiger charge is -2.29. The fourth-order valence-corrected chi connectivity index (χ4v) is 5.39. The zero-order chi connectivity index (χ0) is 26.7. The molecule has 1 aromatic heterocycles. The number of nitrogens with zero attached hydrogens (tertiary/aromatic N) is 3. The lowest BCUT2D eigenvalue weighted by Crippen LogP contribution is -2.36. The van der Waals surface area contributed by atoms with E-state index in [0.29, 0.717) is 56.1 Å². The molecule has 1 saturated heterocycles. The largest absolute Gasteiger partial charge is 0.494 e. The zero-order valence-corrected chi connectivity index (χ0v) is 23.3. The molecule has 0 bridgehead atoms. The fraction of sp³-hybridized carbons (Fsp3) is 0.500. The standard InChI is InChI=1S/C28H38N4O5S/c1-4-35-16-12-31(13-17-36-5-2)20-21-6-8-22(9-7-21)27(33)30-28-29-25-24(34-3)11-10-23(26(25)38-28)32-14-18-37-19-15-32/h6-11H,4-5,12-20H2,1-3H3,(H,29,30,33). The van der Waals surface area contributed by atoms with Crippen LogP contribution in [-0.2, 0) is 20.8 Å². The molecule has 0 spiro atoms. The molecule has 4 rings (SSSR count). The Morgan fingerprint density at radius 2 is 1.74 bits per heavy atom. The van der Waals surface area contributed by atoms with E-state index in [1.54, 1.807) is 7.11 Å². The number of amides is 1. The van der Waals surface area contributed by atoms with Crippen molar-refractivity contribution < 1.29 is 23.7 Å². The monoisotopic (exact) mass is 542 g/mol. The molecule has 1 fully saturated rings. The quantitative estimate of drug-likeness (QED) is 0.303. The fourth-order valence-electron chi connectivity index (χ4n) is 4.38. The third kappa shape index (κ3) is 7.42. The SMILES string of the molecule is CCOCCN(CCOCC)Cc1ccc(C(=O)Nc2nc3c(OC)ccc(N4CCOCC4)c3s2)cc1. The summed E-state index contributed by atoms with van der Waals surface area (Å²) in [7, 11) is 1.64. The van der Waals surface area contributed by atoms with E-state index >= 15 is 0 Å². The summed E-state index contributed by atoms with van der Waals surface area (Å²) >= 11 is 1.46. The molecule has 0 saturated carbocycles. The molecule has 2 heterocycles. The molecule has 0 atom stereocenters. The lowest BCUT2D eigenvalue weighted by atomic mass is 10.1. The van der Waals surface area contributed by atoms with Gasteiger partial charge in [-0.05, 0) is 43.7 Å². The Kier molecular flexibility index (Phi) is 10.7. The van der Waals surface area contributed by atoms with Gasteiger partial charge in [0.15, 0.2) is 5.13 Å². The van der Waals surface area contributed by atoms with Crippen LogP contribution in [0.3, 0.4) is 0 Å². The number of rotatable bonds is 14. The van der Waals surface area contributed by atoms with Gasteiger partial charge in [0, 0.05) is 51.5 Å². The van der Waals surface area contributed by atoms with Gasteiger partial charge in [0.1, 0.15) is 11.3 Å². The number of benzene rings is 2. The van der Waals surface area contributed by atoms with Crippen molar-refractivity contribution in [3.05, 3.63) is 47.5 Å². The summed E-state index contributed by atoms with van der Waals surface area (Å²) in [4.78, 5) is 22.4. The van der Waals surface area contributed by atoms with Crippen LogP contribution in [0, 0.1) is 0 Å². The predicted molar refractivity (Wildman–Crippen MR) is 152 cm³/mol. The topological polar surface area (TPSA) is 85.4 Å². The van der Waals surface area contributed by atoms with E-state index in [9.17, 15) is 4.79 Å². The van der Waals surface area contributed by atoms with Crippen molar-refractivity contribution in [2.45, 2.75) is 20.4 Å². The number of nitrogens with one attached hydrogen (secondary N) is 1. The second kappa shape index (κ2) is 14.4. The van der Waals surface area contributed by atoms with E-state index in [-0.39, 0.29) is 5.91 Å².